The second kappa shape index (κ2) is 6.00. The van der Waals surface area contributed by atoms with E-state index < -0.39 is 0 Å². The minimum atomic E-state index is 0.0376. The lowest BCUT2D eigenvalue weighted by Gasteiger charge is -2.21. The molecule has 0 saturated carbocycles. The van der Waals surface area contributed by atoms with Gasteiger partial charge in [-0.25, -0.2) is 0 Å². The molecule has 1 aromatic carbocycles. The highest BCUT2D eigenvalue weighted by Gasteiger charge is 2.08. The molecule has 0 fully saturated rings. The van der Waals surface area contributed by atoms with Gasteiger partial charge in [-0.15, -0.1) is 11.8 Å². The van der Waals surface area contributed by atoms with E-state index >= 15 is 0 Å². The van der Waals surface area contributed by atoms with E-state index in [2.05, 4.69) is 51.9 Å². The molecule has 0 saturated heterocycles. The molecule has 0 aliphatic rings. The minimum Gasteiger partial charge on any atom is -0.343 e. The second-order valence-electron chi connectivity index (χ2n) is 4.22. The number of aromatic nitrogens is 1. The molecule has 0 radical (unpaired) electrons. The minimum absolute atomic E-state index is 0.0376. The molecule has 0 aliphatic heterocycles. The first-order valence-electron chi connectivity index (χ1n) is 5.77. The quantitative estimate of drug-likeness (QED) is 0.597. The molecule has 5 heteroatoms. The highest BCUT2D eigenvalue weighted by atomic mass is 127. The lowest BCUT2D eigenvalue weighted by atomic mass is 10.2. The van der Waals surface area contributed by atoms with Gasteiger partial charge in [-0.1, -0.05) is 6.07 Å². The Morgan fingerprint density at radius 3 is 2.63 bits per heavy atom. The Kier molecular flexibility index (Phi) is 4.57. The number of hydrogen-bond donors (Lipinski definition) is 0. The number of nitrogens with zero attached hydrogens (tertiary/aromatic N) is 2. The van der Waals surface area contributed by atoms with Gasteiger partial charge < -0.3 is 9.47 Å². The third-order valence-electron chi connectivity index (χ3n) is 2.95. The molecule has 2 rings (SSSR count). The number of thioether (sulfide) groups is 1. The van der Waals surface area contributed by atoms with Crippen LogP contribution in [0.15, 0.2) is 46.2 Å². The molecule has 1 aromatic heterocycles. The molecule has 0 bridgehead atoms. The van der Waals surface area contributed by atoms with Gasteiger partial charge in [0.1, 0.15) is 0 Å². The van der Waals surface area contributed by atoms with E-state index in [0.29, 0.717) is 0 Å². The molecule has 0 aliphatic carbocycles. The van der Waals surface area contributed by atoms with Gasteiger partial charge in [0, 0.05) is 30.9 Å². The topological polar surface area (TPSA) is 25.2 Å². The number of pyridine rings is 1. The predicted molar refractivity (Wildman–Crippen MR) is 90.7 cm³/mol. The van der Waals surface area contributed by atoms with Crippen molar-refractivity contribution in [3.8, 4) is 0 Å². The summed E-state index contributed by atoms with van der Waals surface area (Å²) in [6.45, 7) is 0. The molecule has 19 heavy (non-hydrogen) atoms. The van der Waals surface area contributed by atoms with Crippen molar-refractivity contribution in [3.05, 3.63) is 50.5 Å². The van der Waals surface area contributed by atoms with Crippen molar-refractivity contribution in [1.82, 2.24) is 4.57 Å². The first-order chi connectivity index (χ1) is 9.02. The molecule has 1 heterocycles. The number of aryl methyl sites for hydroxylation is 1. The number of benzene rings is 1. The van der Waals surface area contributed by atoms with Crippen LogP contribution in [-0.2, 0) is 7.05 Å². The first kappa shape index (κ1) is 14.5. The van der Waals surface area contributed by atoms with Gasteiger partial charge in [-0.2, -0.15) is 0 Å². The van der Waals surface area contributed by atoms with Gasteiger partial charge in [0.15, 0.2) is 0 Å². The van der Waals surface area contributed by atoms with Gasteiger partial charge in [-0.3, -0.25) is 4.79 Å². The summed E-state index contributed by atoms with van der Waals surface area (Å²) in [5, 5.41) is 0. The summed E-state index contributed by atoms with van der Waals surface area (Å²) in [7, 11) is 3.79. The third-order valence-corrected chi connectivity index (χ3v) is 4.45. The van der Waals surface area contributed by atoms with E-state index in [-0.39, 0.29) is 5.56 Å². The summed E-state index contributed by atoms with van der Waals surface area (Å²) in [6, 6.07) is 10.3. The molecule has 0 unspecified atom stereocenters. The van der Waals surface area contributed by atoms with Crippen molar-refractivity contribution < 1.29 is 0 Å². The zero-order valence-electron chi connectivity index (χ0n) is 11.1. The predicted octanol–water partition coefficient (Wildman–Crippen LogP) is 3.48. The lowest BCUT2D eigenvalue weighted by Crippen LogP contribution is -2.21. The molecule has 100 valence electrons. The maximum atomic E-state index is 11.7. The maximum absolute atomic E-state index is 11.7. The van der Waals surface area contributed by atoms with Gasteiger partial charge >= 0.3 is 0 Å². The zero-order chi connectivity index (χ0) is 14.0. The third kappa shape index (κ3) is 3.14. The van der Waals surface area contributed by atoms with Gasteiger partial charge in [0.2, 0.25) is 0 Å². The Labute approximate surface area is 130 Å². The van der Waals surface area contributed by atoms with E-state index in [1.54, 1.807) is 23.4 Å². The molecule has 0 N–H and O–H groups in total. The van der Waals surface area contributed by atoms with E-state index in [0.717, 1.165) is 14.9 Å². The van der Waals surface area contributed by atoms with E-state index in [1.165, 1.54) is 4.90 Å². The lowest BCUT2D eigenvalue weighted by molar-refractivity contribution is 0.849. The normalized spacial score (nSPS) is 10.5. The average molecular weight is 386 g/mol. The molecule has 2 aromatic rings. The Morgan fingerprint density at radius 1 is 1.26 bits per heavy atom. The van der Waals surface area contributed by atoms with Crippen molar-refractivity contribution in [2.45, 2.75) is 4.90 Å². The van der Waals surface area contributed by atoms with E-state index in [4.69, 9.17) is 0 Å². The summed E-state index contributed by atoms with van der Waals surface area (Å²) in [5.41, 5.74) is 2.15. The summed E-state index contributed by atoms with van der Waals surface area (Å²) < 4.78 is 2.34. The van der Waals surface area contributed by atoms with Crippen molar-refractivity contribution in [3.63, 3.8) is 0 Å². The number of hydrogen-bond acceptors (Lipinski definition) is 3. The van der Waals surface area contributed by atoms with Crippen LogP contribution in [0.1, 0.15) is 0 Å². The summed E-state index contributed by atoms with van der Waals surface area (Å²) in [6.07, 6.45) is 3.92. The van der Waals surface area contributed by atoms with Crippen molar-refractivity contribution >= 4 is 45.7 Å². The summed E-state index contributed by atoms with van der Waals surface area (Å²) in [4.78, 5) is 15.0. The van der Waals surface area contributed by atoms with Crippen LogP contribution in [0.2, 0.25) is 0 Å². The number of rotatable bonds is 3. The Hall–Kier alpha value is -0.950. The highest BCUT2D eigenvalue weighted by Crippen LogP contribution is 2.27. The molecule has 0 spiro atoms. The van der Waals surface area contributed by atoms with Crippen LogP contribution in [0.4, 0.5) is 11.4 Å². The Bertz CT molecular complexity index is 628. The van der Waals surface area contributed by atoms with Gasteiger partial charge in [0.05, 0.1) is 9.26 Å². The van der Waals surface area contributed by atoms with Crippen LogP contribution in [0, 0.1) is 3.57 Å². The van der Waals surface area contributed by atoms with Crippen LogP contribution in [0.25, 0.3) is 0 Å². The molecular formula is C14H15IN2OS. The number of anilines is 2. The first-order valence-corrected chi connectivity index (χ1v) is 8.07. The standard InChI is InChI=1S/C14H15IN2OS/c1-16-9-11(8-13(15)14(16)18)17(2)10-5-4-6-12(7-10)19-3/h4-9H,1-3H3. The van der Waals surface area contributed by atoms with Crippen molar-refractivity contribution in [1.29, 1.82) is 0 Å². The second-order valence-corrected chi connectivity index (χ2v) is 6.26. The van der Waals surface area contributed by atoms with Crippen LogP contribution in [-0.4, -0.2) is 17.9 Å². The Morgan fingerprint density at radius 2 is 2.00 bits per heavy atom. The smallest absolute Gasteiger partial charge is 0.263 e. The molecule has 0 atom stereocenters. The summed E-state index contributed by atoms with van der Waals surface area (Å²) >= 11 is 3.80. The van der Waals surface area contributed by atoms with Gasteiger partial charge in [0.25, 0.3) is 5.56 Å². The molecule has 3 nitrogen and oxygen atoms in total. The molecule has 0 amide bonds. The fourth-order valence-electron chi connectivity index (χ4n) is 1.81. The average Bonchev–Trinajstić information content (AvgIpc) is 2.43. The Balaban J connectivity index is 2.43. The highest BCUT2D eigenvalue weighted by molar-refractivity contribution is 14.1. The van der Waals surface area contributed by atoms with E-state index in [1.807, 2.05) is 25.4 Å². The largest absolute Gasteiger partial charge is 0.343 e. The fourth-order valence-corrected chi connectivity index (χ4v) is 2.96. The number of halogens is 1. The zero-order valence-corrected chi connectivity index (χ0v) is 14.0. The monoisotopic (exact) mass is 386 g/mol. The van der Waals surface area contributed by atoms with Crippen LogP contribution in [0.3, 0.4) is 0 Å². The van der Waals surface area contributed by atoms with Crippen LogP contribution < -0.4 is 10.5 Å². The fraction of sp³-hybridized carbons (Fsp3) is 0.214. The SMILES string of the molecule is CSc1cccc(N(C)c2cc(I)c(=O)n(C)c2)c1. The summed E-state index contributed by atoms with van der Waals surface area (Å²) in [5.74, 6) is 0. The van der Waals surface area contributed by atoms with Gasteiger partial charge in [-0.05, 0) is 53.1 Å². The van der Waals surface area contributed by atoms with Crippen LogP contribution in [0.5, 0.6) is 0 Å². The molecular weight excluding hydrogens is 371 g/mol. The van der Waals surface area contributed by atoms with E-state index in [9.17, 15) is 4.79 Å². The maximum Gasteiger partial charge on any atom is 0.263 e. The van der Waals surface area contributed by atoms with Crippen LogP contribution >= 0.6 is 34.4 Å². The van der Waals surface area contributed by atoms with Crippen molar-refractivity contribution in [2.24, 2.45) is 7.05 Å². The van der Waals surface area contributed by atoms with Crippen molar-refractivity contribution in [2.75, 3.05) is 18.2 Å².